The second kappa shape index (κ2) is 9.94. The number of fused-ring (bicyclic) bond motifs is 1. The van der Waals surface area contributed by atoms with Crippen molar-refractivity contribution in [2.45, 2.75) is 38.9 Å². The van der Waals surface area contributed by atoms with Gasteiger partial charge in [-0.25, -0.2) is 19.4 Å². The molecule has 36 heavy (non-hydrogen) atoms. The first-order chi connectivity index (χ1) is 17.4. The monoisotopic (exact) mass is 491 g/mol. The smallest absolute Gasteiger partial charge is 0.449 e. The molecule has 0 unspecified atom stereocenters. The maximum atomic E-state index is 13.3. The van der Waals surface area contributed by atoms with Crippen molar-refractivity contribution in [2.75, 3.05) is 31.1 Å². The van der Waals surface area contributed by atoms with E-state index in [0.29, 0.717) is 38.7 Å². The second-order valence-corrected chi connectivity index (χ2v) is 9.31. The summed E-state index contributed by atoms with van der Waals surface area (Å²) in [4.78, 5) is 38.7. The van der Waals surface area contributed by atoms with Gasteiger partial charge in [0.05, 0.1) is 30.3 Å². The average molecular weight is 492 g/mol. The Kier molecular flexibility index (Phi) is 6.55. The van der Waals surface area contributed by atoms with Gasteiger partial charge in [-0.15, -0.1) is 0 Å². The average Bonchev–Trinajstić information content (AvgIpc) is 3.30. The predicted molar refractivity (Wildman–Crippen MR) is 131 cm³/mol. The summed E-state index contributed by atoms with van der Waals surface area (Å²) in [6, 6.07) is 10.2. The molecule has 5 rings (SSSR count). The van der Waals surface area contributed by atoms with Crippen LogP contribution in [-0.2, 0) is 17.8 Å². The molecule has 11 heteroatoms. The molecule has 1 aromatic carbocycles. The Balaban J connectivity index is 1.19. The summed E-state index contributed by atoms with van der Waals surface area (Å²) in [6.45, 7) is 7.09. The molecule has 1 saturated heterocycles. The summed E-state index contributed by atoms with van der Waals surface area (Å²) in [6.07, 6.45) is 4.08. The quantitative estimate of drug-likeness (QED) is 0.536. The molecule has 3 aromatic rings. The van der Waals surface area contributed by atoms with Crippen LogP contribution in [-0.4, -0.2) is 85.0 Å². The minimum atomic E-state index is -1.40. The minimum Gasteiger partial charge on any atom is -0.449 e. The van der Waals surface area contributed by atoms with Gasteiger partial charge in [-0.05, 0) is 26.0 Å². The maximum Gasteiger partial charge on any atom is 0.511 e. The molecule has 1 N–H and O–H groups in total. The minimum absolute atomic E-state index is 0.0792. The molecule has 1 fully saturated rings. The van der Waals surface area contributed by atoms with E-state index in [1.807, 2.05) is 51.0 Å². The molecule has 11 nitrogen and oxygen atoms in total. The van der Waals surface area contributed by atoms with Gasteiger partial charge in [0.1, 0.15) is 0 Å². The fourth-order valence-electron chi connectivity index (χ4n) is 4.95. The van der Waals surface area contributed by atoms with Crippen LogP contribution in [0.3, 0.4) is 0 Å². The number of carboxylic acid groups (broad SMARTS) is 1. The van der Waals surface area contributed by atoms with Crippen LogP contribution < -0.4 is 9.64 Å². The predicted octanol–water partition coefficient (Wildman–Crippen LogP) is 2.20. The third kappa shape index (κ3) is 5.01. The Morgan fingerprint density at radius 2 is 1.78 bits per heavy atom. The number of anilines is 1. The summed E-state index contributed by atoms with van der Waals surface area (Å²) in [5, 5.41) is 13.4. The van der Waals surface area contributed by atoms with E-state index in [1.54, 1.807) is 0 Å². The van der Waals surface area contributed by atoms with Gasteiger partial charge >= 0.3 is 6.16 Å². The zero-order valence-corrected chi connectivity index (χ0v) is 20.3. The van der Waals surface area contributed by atoms with Crippen molar-refractivity contribution < 1.29 is 19.4 Å². The third-order valence-corrected chi connectivity index (χ3v) is 6.75. The van der Waals surface area contributed by atoms with Gasteiger partial charge < -0.3 is 19.6 Å². The van der Waals surface area contributed by atoms with Crippen LogP contribution in [0.15, 0.2) is 48.9 Å². The second-order valence-electron chi connectivity index (χ2n) is 9.31. The van der Waals surface area contributed by atoms with Crippen molar-refractivity contribution in [1.29, 1.82) is 0 Å². The molecule has 0 spiro atoms. The molecule has 0 saturated carbocycles. The third-order valence-electron chi connectivity index (χ3n) is 6.75. The van der Waals surface area contributed by atoms with Gasteiger partial charge in [0.2, 0.25) is 11.9 Å². The number of amides is 1. The number of benzene rings is 1. The number of aromatic nitrogens is 4. The van der Waals surface area contributed by atoms with Crippen molar-refractivity contribution in [1.82, 2.24) is 29.5 Å². The Labute approximate surface area is 208 Å². The zero-order chi connectivity index (χ0) is 25.2. The Morgan fingerprint density at radius 3 is 2.44 bits per heavy atom. The van der Waals surface area contributed by atoms with E-state index >= 15 is 0 Å². The summed E-state index contributed by atoms with van der Waals surface area (Å²) >= 11 is 0. The lowest BCUT2D eigenvalue weighted by Crippen LogP contribution is -2.59. The normalized spacial score (nSPS) is 20.2. The molecule has 2 aliphatic rings. The largest absolute Gasteiger partial charge is 0.511 e. The molecule has 2 atom stereocenters. The van der Waals surface area contributed by atoms with E-state index in [0.717, 1.165) is 23.4 Å². The van der Waals surface area contributed by atoms with Crippen molar-refractivity contribution in [3.05, 3.63) is 60.2 Å². The molecular weight excluding hydrogens is 462 g/mol. The number of ether oxygens (including phenoxy) is 1. The first-order valence-electron chi connectivity index (χ1n) is 12.0. The van der Waals surface area contributed by atoms with Gasteiger partial charge in [-0.2, -0.15) is 5.10 Å². The van der Waals surface area contributed by atoms with Crippen molar-refractivity contribution in [2.24, 2.45) is 0 Å². The van der Waals surface area contributed by atoms with Gasteiger partial charge in [0, 0.05) is 56.4 Å². The number of carbonyl (C=O) groups is 2. The number of hydrogen-bond donors (Lipinski definition) is 1. The highest BCUT2D eigenvalue weighted by Gasteiger charge is 2.33. The summed E-state index contributed by atoms with van der Waals surface area (Å²) in [5.74, 6) is 0.707. The van der Waals surface area contributed by atoms with Crippen LogP contribution in [0.1, 0.15) is 25.1 Å². The number of piperazine rings is 1. The molecular formula is C25H29N7O4. The van der Waals surface area contributed by atoms with E-state index in [-0.39, 0.29) is 23.7 Å². The molecule has 4 heterocycles. The van der Waals surface area contributed by atoms with Crippen LogP contribution in [0.4, 0.5) is 10.7 Å². The molecule has 2 aliphatic heterocycles. The van der Waals surface area contributed by atoms with Crippen LogP contribution in [0, 0.1) is 0 Å². The number of hydrogen-bond acceptors (Lipinski definition) is 8. The van der Waals surface area contributed by atoms with Crippen LogP contribution in [0.5, 0.6) is 5.75 Å². The SMILES string of the molecule is C[C@@H]1CN(c2ncc(OC(=O)O)cn2)C[C@H](C)N1CC(=O)N1CCc2nn(-c3ccccc3)cc2C1. The van der Waals surface area contributed by atoms with E-state index in [4.69, 9.17) is 10.2 Å². The highest BCUT2D eigenvalue weighted by Crippen LogP contribution is 2.23. The molecule has 0 bridgehead atoms. The van der Waals surface area contributed by atoms with Gasteiger partial charge in [0.25, 0.3) is 0 Å². The standard InChI is InChI=1S/C25H29N7O4/c1-17-12-30(24-26-10-21(11-27-24)36-25(34)35)13-18(2)31(17)16-23(33)29-9-8-22-19(14-29)15-32(28-22)20-6-4-3-5-7-20/h3-7,10-11,15,17-18H,8-9,12-14,16H2,1-2H3,(H,34,35)/t17-,18+. The van der Waals surface area contributed by atoms with Gasteiger partial charge in [-0.1, -0.05) is 18.2 Å². The van der Waals surface area contributed by atoms with E-state index in [9.17, 15) is 9.59 Å². The van der Waals surface area contributed by atoms with Crippen LogP contribution in [0.25, 0.3) is 5.69 Å². The van der Waals surface area contributed by atoms with E-state index in [2.05, 4.69) is 33.5 Å². The van der Waals surface area contributed by atoms with Crippen molar-refractivity contribution in [3.63, 3.8) is 0 Å². The molecule has 2 aromatic heterocycles. The number of carbonyl (C=O) groups excluding carboxylic acids is 1. The molecule has 1 amide bonds. The topological polar surface area (TPSA) is 117 Å². The maximum absolute atomic E-state index is 13.3. The summed E-state index contributed by atoms with van der Waals surface area (Å²) in [7, 11) is 0. The highest BCUT2D eigenvalue weighted by atomic mass is 16.7. The molecule has 0 aliphatic carbocycles. The van der Waals surface area contributed by atoms with E-state index in [1.165, 1.54) is 12.4 Å². The number of nitrogens with zero attached hydrogens (tertiary/aromatic N) is 7. The van der Waals surface area contributed by atoms with E-state index < -0.39 is 6.16 Å². The lowest BCUT2D eigenvalue weighted by atomic mass is 10.1. The van der Waals surface area contributed by atoms with Crippen LogP contribution in [0.2, 0.25) is 0 Å². The summed E-state index contributed by atoms with van der Waals surface area (Å²) in [5.41, 5.74) is 3.16. The molecule has 0 radical (unpaired) electrons. The number of para-hydroxylation sites is 1. The fraction of sp³-hybridized carbons (Fsp3) is 0.400. The fourth-order valence-corrected chi connectivity index (χ4v) is 4.95. The van der Waals surface area contributed by atoms with Gasteiger partial charge in [-0.3, -0.25) is 9.69 Å². The zero-order valence-electron chi connectivity index (χ0n) is 20.3. The Morgan fingerprint density at radius 1 is 1.08 bits per heavy atom. The van der Waals surface area contributed by atoms with Crippen LogP contribution >= 0.6 is 0 Å². The first-order valence-corrected chi connectivity index (χ1v) is 12.0. The Hall–Kier alpha value is -3.99. The number of rotatable bonds is 5. The lowest BCUT2D eigenvalue weighted by Gasteiger charge is -2.44. The van der Waals surface area contributed by atoms with Crippen molar-refractivity contribution in [3.8, 4) is 11.4 Å². The lowest BCUT2D eigenvalue weighted by molar-refractivity contribution is -0.134. The first kappa shape index (κ1) is 23.7. The van der Waals surface area contributed by atoms with Crippen molar-refractivity contribution >= 4 is 18.0 Å². The highest BCUT2D eigenvalue weighted by molar-refractivity contribution is 5.78. The summed E-state index contributed by atoms with van der Waals surface area (Å²) < 4.78 is 6.47. The Bertz CT molecular complexity index is 1220. The molecule has 188 valence electrons. The van der Waals surface area contributed by atoms with Gasteiger partial charge in [0.15, 0.2) is 5.75 Å².